The average Bonchev–Trinajstić information content (AvgIpc) is 3.28. The van der Waals surface area contributed by atoms with Gasteiger partial charge in [-0.2, -0.15) is 0 Å². The summed E-state index contributed by atoms with van der Waals surface area (Å²) in [5, 5.41) is 0. The van der Waals surface area contributed by atoms with E-state index in [1.54, 1.807) is 0 Å². The van der Waals surface area contributed by atoms with E-state index in [9.17, 15) is 4.79 Å². The summed E-state index contributed by atoms with van der Waals surface area (Å²) >= 11 is 0. The van der Waals surface area contributed by atoms with Gasteiger partial charge in [-0.25, -0.2) is 0 Å². The molecule has 1 heterocycles. The molecule has 0 unspecified atom stereocenters. The highest BCUT2D eigenvalue weighted by Crippen LogP contribution is 2.24. The molecule has 0 aromatic heterocycles. The van der Waals surface area contributed by atoms with Crippen LogP contribution in [0.5, 0.6) is 5.75 Å². The van der Waals surface area contributed by atoms with Crippen molar-refractivity contribution in [3.8, 4) is 5.75 Å². The molecule has 1 amide bonds. The first kappa shape index (κ1) is 18.1. The van der Waals surface area contributed by atoms with Crippen LogP contribution in [0.4, 0.5) is 0 Å². The molecule has 4 rings (SSSR count). The molecule has 27 heavy (non-hydrogen) atoms. The minimum Gasteiger partial charge on any atom is -0.489 e. The average molecular weight is 364 g/mol. The lowest BCUT2D eigenvalue weighted by atomic mass is 10.1. The van der Waals surface area contributed by atoms with Gasteiger partial charge in [0.25, 0.3) is 5.91 Å². The Morgan fingerprint density at radius 1 is 0.889 bits per heavy atom. The molecular formula is C23H28N2O2. The van der Waals surface area contributed by atoms with Gasteiger partial charge < -0.3 is 9.64 Å². The summed E-state index contributed by atoms with van der Waals surface area (Å²) in [5.41, 5.74) is 1.88. The second-order valence-corrected chi connectivity index (χ2v) is 7.57. The number of piperazine rings is 1. The van der Waals surface area contributed by atoms with E-state index in [4.69, 9.17) is 4.74 Å². The minimum atomic E-state index is 0.135. The highest BCUT2D eigenvalue weighted by molar-refractivity contribution is 5.94. The third-order valence-corrected chi connectivity index (χ3v) is 5.79. The molecule has 4 nitrogen and oxygen atoms in total. The third kappa shape index (κ3) is 4.51. The van der Waals surface area contributed by atoms with E-state index in [0.717, 1.165) is 49.1 Å². The van der Waals surface area contributed by atoms with E-state index in [2.05, 4.69) is 4.90 Å². The van der Waals surface area contributed by atoms with Crippen LogP contribution >= 0.6 is 0 Å². The number of benzene rings is 2. The van der Waals surface area contributed by atoms with Gasteiger partial charge in [-0.3, -0.25) is 9.69 Å². The number of rotatable bonds is 5. The number of carbonyl (C=O) groups excluding carboxylic acids is 1. The zero-order valence-electron chi connectivity index (χ0n) is 15.8. The molecule has 4 heteroatoms. The van der Waals surface area contributed by atoms with Crippen LogP contribution in [-0.4, -0.2) is 47.9 Å². The van der Waals surface area contributed by atoms with Gasteiger partial charge in [-0.1, -0.05) is 43.2 Å². The Morgan fingerprint density at radius 3 is 2.22 bits per heavy atom. The van der Waals surface area contributed by atoms with Crippen molar-refractivity contribution in [3.63, 3.8) is 0 Å². The van der Waals surface area contributed by atoms with Gasteiger partial charge in [-0.15, -0.1) is 0 Å². The maximum atomic E-state index is 12.8. The van der Waals surface area contributed by atoms with Crippen LogP contribution in [0.3, 0.4) is 0 Å². The lowest BCUT2D eigenvalue weighted by molar-refractivity contribution is 0.0573. The smallest absolute Gasteiger partial charge is 0.253 e. The predicted octanol–water partition coefficient (Wildman–Crippen LogP) is 3.97. The van der Waals surface area contributed by atoms with E-state index in [1.165, 1.54) is 25.7 Å². The Balaban J connectivity index is 1.29. The Bertz CT molecular complexity index is 731. The monoisotopic (exact) mass is 364 g/mol. The van der Waals surface area contributed by atoms with Crippen LogP contribution in [0.25, 0.3) is 0 Å². The lowest BCUT2D eigenvalue weighted by Crippen LogP contribution is -2.51. The standard InChI is InChI=1S/C23H28N2O2/c26-23(25-16-14-24(15-17-25)21-8-4-5-9-21)20-10-12-22(13-11-20)27-18-19-6-2-1-3-7-19/h1-3,6-7,10-13,21H,4-5,8-9,14-18H2. The molecule has 0 atom stereocenters. The predicted molar refractivity (Wildman–Crippen MR) is 107 cm³/mol. The molecule has 1 aliphatic carbocycles. The Kier molecular flexibility index (Phi) is 5.73. The molecule has 0 N–H and O–H groups in total. The zero-order valence-corrected chi connectivity index (χ0v) is 15.8. The number of carbonyl (C=O) groups is 1. The molecule has 2 aliphatic rings. The van der Waals surface area contributed by atoms with E-state index >= 15 is 0 Å². The van der Waals surface area contributed by atoms with Crippen molar-refractivity contribution >= 4 is 5.91 Å². The zero-order chi connectivity index (χ0) is 18.5. The van der Waals surface area contributed by atoms with Crippen molar-refractivity contribution in [3.05, 3.63) is 65.7 Å². The summed E-state index contributed by atoms with van der Waals surface area (Å²) in [7, 11) is 0. The van der Waals surface area contributed by atoms with Gasteiger partial charge in [0.2, 0.25) is 0 Å². The van der Waals surface area contributed by atoms with Gasteiger partial charge in [0.1, 0.15) is 12.4 Å². The van der Waals surface area contributed by atoms with E-state index in [-0.39, 0.29) is 5.91 Å². The molecule has 0 radical (unpaired) electrons. The van der Waals surface area contributed by atoms with E-state index < -0.39 is 0 Å². The van der Waals surface area contributed by atoms with Crippen molar-refractivity contribution < 1.29 is 9.53 Å². The van der Waals surface area contributed by atoms with Crippen molar-refractivity contribution in [1.29, 1.82) is 0 Å². The summed E-state index contributed by atoms with van der Waals surface area (Å²) < 4.78 is 5.81. The quantitative estimate of drug-likeness (QED) is 0.805. The molecule has 2 aromatic carbocycles. The Hall–Kier alpha value is -2.33. The van der Waals surface area contributed by atoms with Gasteiger partial charge >= 0.3 is 0 Å². The van der Waals surface area contributed by atoms with Crippen LogP contribution in [0.1, 0.15) is 41.6 Å². The molecule has 0 bridgehead atoms. The molecule has 2 fully saturated rings. The Labute approximate surface area is 161 Å². The summed E-state index contributed by atoms with van der Waals surface area (Å²) in [6, 6.07) is 18.4. The first-order chi connectivity index (χ1) is 13.3. The first-order valence-corrected chi connectivity index (χ1v) is 10.1. The maximum absolute atomic E-state index is 12.8. The van der Waals surface area contributed by atoms with Gasteiger partial charge in [0, 0.05) is 37.8 Å². The van der Waals surface area contributed by atoms with Crippen molar-refractivity contribution in [2.75, 3.05) is 26.2 Å². The summed E-state index contributed by atoms with van der Waals surface area (Å²) in [4.78, 5) is 17.4. The Morgan fingerprint density at radius 2 is 1.56 bits per heavy atom. The molecular weight excluding hydrogens is 336 g/mol. The highest BCUT2D eigenvalue weighted by Gasteiger charge is 2.28. The normalized spacial score (nSPS) is 18.6. The van der Waals surface area contributed by atoms with Crippen molar-refractivity contribution in [2.45, 2.75) is 38.3 Å². The van der Waals surface area contributed by atoms with Crippen LogP contribution in [-0.2, 0) is 6.61 Å². The SMILES string of the molecule is O=C(c1ccc(OCc2ccccc2)cc1)N1CCN(C2CCCC2)CC1. The van der Waals surface area contributed by atoms with E-state index in [0.29, 0.717) is 6.61 Å². The first-order valence-electron chi connectivity index (χ1n) is 10.1. The van der Waals surface area contributed by atoms with Gasteiger partial charge in [-0.05, 0) is 42.7 Å². The third-order valence-electron chi connectivity index (χ3n) is 5.79. The lowest BCUT2D eigenvalue weighted by Gasteiger charge is -2.38. The fraction of sp³-hybridized carbons (Fsp3) is 0.435. The minimum absolute atomic E-state index is 0.135. The number of hydrogen-bond acceptors (Lipinski definition) is 3. The van der Waals surface area contributed by atoms with Gasteiger partial charge in [0.15, 0.2) is 0 Å². The highest BCUT2D eigenvalue weighted by atomic mass is 16.5. The number of nitrogens with zero attached hydrogens (tertiary/aromatic N) is 2. The maximum Gasteiger partial charge on any atom is 0.253 e. The topological polar surface area (TPSA) is 32.8 Å². The summed E-state index contributed by atoms with van der Waals surface area (Å²) in [5.74, 6) is 0.928. The second kappa shape index (κ2) is 8.57. The van der Waals surface area contributed by atoms with Crippen molar-refractivity contribution in [2.24, 2.45) is 0 Å². The van der Waals surface area contributed by atoms with E-state index in [1.807, 2.05) is 59.5 Å². The number of amides is 1. The molecule has 1 saturated heterocycles. The molecule has 1 aliphatic heterocycles. The summed E-state index contributed by atoms with van der Waals surface area (Å²) in [6.45, 7) is 4.23. The molecule has 1 saturated carbocycles. The largest absolute Gasteiger partial charge is 0.489 e. The molecule has 0 spiro atoms. The van der Waals surface area contributed by atoms with Crippen LogP contribution in [0.2, 0.25) is 0 Å². The van der Waals surface area contributed by atoms with Crippen LogP contribution < -0.4 is 4.74 Å². The molecule has 2 aromatic rings. The number of ether oxygens (including phenoxy) is 1. The fourth-order valence-corrected chi connectivity index (χ4v) is 4.18. The fourth-order valence-electron chi connectivity index (χ4n) is 4.18. The number of hydrogen-bond donors (Lipinski definition) is 0. The summed E-state index contributed by atoms with van der Waals surface area (Å²) in [6.07, 6.45) is 5.39. The van der Waals surface area contributed by atoms with Gasteiger partial charge in [0.05, 0.1) is 0 Å². The second-order valence-electron chi connectivity index (χ2n) is 7.57. The van der Waals surface area contributed by atoms with Crippen molar-refractivity contribution in [1.82, 2.24) is 9.80 Å². The van der Waals surface area contributed by atoms with Crippen LogP contribution in [0, 0.1) is 0 Å². The molecule has 142 valence electrons. The van der Waals surface area contributed by atoms with Crippen LogP contribution in [0.15, 0.2) is 54.6 Å².